The van der Waals surface area contributed by atoms with E-state index in [-0.39, 0.29) is 12.0 Å². The topological polar surface area (TPSA) is 67.8 Å². The average Bonchev–Trinajstić information content (AvgIpc) is 3.25. The molecule has 1 aromatic carbocycles. The average molecular weight is 333 g/mol. The summed E-state index contributed by atoms with van der Waals surface area (Å²) in [4.78, 5) is 11.6. The molecule has 5 heteroatoms. The molecule has 0 saturated heterocycles. The van der Waals surface area contributed by atoms with Crippen LogP contribution in [-0.2, 0) is 4.79 Å². The summed E-state index contributed by atoms with van der Waals surface area (Å²) in [6.45, 7) is 0. The van der Waals surface area contributed by atoms with Crippen LogP contribution in [0.15, 0.2) is 18.2 Å². The second kappa shape index (κ2) is 7.01. The minimum Gasteiger partial charge on any atom is -0.493 e. The highest BCUT2D eigenvalue weighted by Gasteiger charge is 2.44. The Morgan fingerprint density at radius 2 is 2.00 bits per heavy atom. The molecule has 2 fully saturated rings. The minimum atomic E-state index is -0.808. The first kappa shape index (κ1) is 17.1. The van der Waals surface area contributed by atoms with Crippen LogP contribution in [0.4, 0.5) is 0 Å². The number of hydrogen-bond donors (Lipinski definition) is 2. The van der Waals surface area contributed by atoms with E-state index in [2.05, 4.69) is 11.4 Å². The van der Waals surface area contributed by atoms with E-state index in [0.717, 1.165) is 36.3 Å². The molecule has 2 aliphatic rings. The summed E-state index contributed by atoms with van der Waals surface area (Å²) in [6.07, 6.45) is 7.02. The predicted octanol–water partition coefficient (Wildman–Crippen LogP) is 3.33. The molecule has 3 rings (SSSR count). The van der Waals surface area contributed by atoms with Gasteiger partial charge in [-0.25, -0.2) is 0 Å². The van der Waals surface area contributed by atoms with E-state index in [1.165, 1.54) is 12.8 Å². The second-order valence-corrected chi connectivity index (χ2v) is 7.01. The number of nitrogens with one attached hydrogen (secondary N) is 1. The molecule has 2 N–H and O–H groups in total. The maximum absolute atomic E-state index is 11.6. The van der Waals surface area contributed by atoms with E-state index in [9.17, 15) is 9.90 Å². The third-order valence-electron chi connectivity index (χ3n) is 5.66. The first-order valence-corrected chi connectivity index (χ1v) is 8.85. The molecule has 2 aliphatic carbocycles. The smallest absolute Gasteiger partial charge is 0.323 e. The van der Waals surface area contributed by atoms with Gasteiger partial charge in [-0.3, -0.25) is 4.79 Å². The number of aliphatic carboxylic acids is 1. The second-order valence-electron chi connectivity index (χ2n) is 7.01. The molecule has 24 heavy (non-hydrogen) atoms. The lowest BCUT2D eigenvalue weighted by Crippen LogP contribution is -2.48. The van der Waals surface area contributed by atoms with Gasteiger partial charge in [0.2, 0.25) is 0 Å². The number of hydrogen-bond acceptors (Lipinski definition) is 4. The Labute approximate surface area is 143 Å². The van der Waals surface area contributed by atoms with Crippen LogP contribution in [0.3, 0.4) is 0 Å². The van der Waals surface area contributed by atoms with Crippen molar-refractivity contribution in [1.82, 2.24) is 5.32 Å². The quantitative estimate of drug-likeness (QED) is 0.836. The Balaban J connectivity index is 1.80. The zero-order chi connectivity index (χ0) is 17.2. The lowest BCUT2D eigenvalue weighted by Gasteiger charge is -2.24. The summed E-state index contributed by atoms with van der Waals surface area (Å²) in [6, 6.07) is 6.04. The van der Waals surface area contributed by atoms with E-state index < -0.39 is 11.5 Å². The molecule has 5 nitrogen and oxygen atoms in total. The fraction of sp³-hybridized carbons (Fsp3) is 0.632. The van der Waals surface area contributed by atoms with Gasteiger partial charge < -0.3 is 19.9 Å². The molecule has 0 spiro atoms. The highest BCUT2D eigenvalue weighted by Crippen LogP contribution is 2.43. The summed E-state index contributed by atoms with van der Waals surface area (Å²) < 4.78 is 11.6. The Bertz CT molecular complexity index is 597. The number of rotatable bonds is 6. The molecule has 0 radical (unpaired) electrons. The number of likely N-dealkylation sites (N-methyl/N-ethyl adjacent to an activating group) is 1. The first-order chi connectivity index (χ1) is 11.6. The molecule has 132 valence electrons. The van der Waals surface area contributed by atoms with E-state index in [1.54, 1.807) is 14.2 Å². The molecule has 1 aromatic rings. The molecule has 0 heterocycles. The van der Waals surface area contributed by atoms with Crippen molar-refractivity contribution in [3.05, 3.63) is 23.8 Å². The highest BCUT2D eigenvalue weighted by molar-refractivity contribution is 5.79. The fourth-order valence-electron chi connectivity index (χ4n) is 4.08. The number of carbonyl (C=O) groups is 1. The van der Waals surface area contributed by atoms with Gasteiger partial charge >= 0.3 is 5.97 Å². The summed E-state index contributed by atoms with van der Waals surface area (Å²) in [5, 5.41) is 12.6. The summed E-state index contributed by atoms with van der Waals surface area (Å²) in [7, 11) is 3.39. The Morgan fingerprint density at radius 1 is 1.25 bits per heavy atom. The van der Waals surface area contributed by atoms with Crippen LogP contribution in [0.5, 0.6) is 11.5 Å². The van der Waals surface area contributed by atoms with Gasteiger partial charge in [-0.1, -0.05) is 6.07 Å². The van der Waals surface area contributed by atoms with Crippen molar-refractivity contribution < 1.29 is 19.4 Å². The molecule has 2 atom stereocenters. The lowest BCUT2D eigenvalue weighted by atomic mass is 9.92. The molecule has 2 unspecified atom stereocenters. The zero-order valence-electron chi connectivity index (χ0n) is 14.5. The van der Waals surface area contributed by atoms with E-state index in [0.29, 0.717) is 12.8 Å². The van der Waals surface area contributed by atoms with Gasteiger partial charge in [0.15, 0.2) is 11.5 Å². The Morgan fingerprint density at radius 3 is 2.58 bits per heavy atom. The van der Waals surface area contributed by atoms with Crippen LogP contribution in [-0.4, -0.2) is 36.9 Å². The largest absolute Gasteiger partial charge is 0.493 e. The van der Waals surface area contributed by atoms with Gasteiger partial charge in [0.1, 0.15) is 5.54 Å². The number of methoxy groups -OCH3 is 1. The Kier molecular flexibility index (Phi) is 4.99. The molecule has 0 bridgehead atoms. The van der Waals surface area contributed by atoms with Gasteiger partial charge in [0.25, 0.3) is 0 Å². The van der Waals surface area contributed by atoms with Gasteiger partial charge in [-0.15, -0.1) is 0 Å². The van der Waals surface area contributed by atoms with Crippen LogP contribution in [0, 0.1) is 0 Å². The van der Waals surface area contributed by atoms with E-state index in [1.807, 2.05) is 12.1 Å². The van der Waals surface area contributed by atoms with Crippen LogP contribution >= 0.6 is 0 Å². The molecular weight excluding hydrogens is 306 g/mol. The number of carboxylic acids is 1. The molecule has 0 amide bonds. The van der Waals surface area contributed by atoms with E-state index in [4.69, 9.17) is 9.47 Å². The van der Waals surface area contributed by atoms with Crippen molar-refractivity contribution in [2.75, 3.05) is 14.2 Å². The maximum atomic E-state index is 11.6. The van der Waals surface area contributed by atoms with E-state index >= 15 is 0 Å². The standard InChI is InChI=1S/C19H27NO4/c1-20-19(18(21)22)10-9-14(12-19)13-7-8-16(23-2)17(11-13)24-15-5-3-4-6-15/h7-8,11,14-15,20H,3-6,9-10,12H2,1-2H3,(H,21,22). The number of carboxylic acid groups (broad SMARTS) is 1. The predicted molar refractivity (Wildman–Crippen MR) is 91.9 cm³/mol. The third-order valence-corrected chi connectivity index (χ3v) is 5.66. The van der Waals surface area contributed by atoms with Gasteiger partial charge in [0, 0.05) is 0 Å². The monoisotopic (exact) mass is 333 g/mol. The number of ether oxygens (including phenoxy) is 2. The highest BCUT2D eigenvalue weighted by atomic mass is 16.5. The third kappa shape index (κ3) is 3.22. The van der Waals surface area contributed by atoms with Crippen LogP contribution in [0.1, 0.15) is 56.4 Å². The molecule has 2 saturated carbocycles. The maximum Gasteiger partial charge on any atom is 0.323 e. The SMILES string of the molecule is CNC1(C(=O)O)CCC(c2ccc(OC)c(OC3CCCC3)c2)C1. The van der Waals surface area contributed by atoms with Crippen molar-refractivity contribution in [2.45, 2.75) is 62.5 Å². The van der Waals surface area contributed by atoms with Crippen molar-refractivity contribution in [1.29, 1.82) is 0 Å². The minimum absolute atomic E-state index is 0.227. The zero-order valence-corrected chi connectivity index (χ0v) is 14.5. The van der Waals surface area contributed by atoms with Gasteiger partial charge in [0.05, 0.1) is 13.2 Å². The fourth-order valence-corrected chi connectivity index (χ4v) is 4.08. The molecular formula is C19H27NO4. The summed E-state index contributed by atoms with van der Waals surface area (Å²) >= 11 is 0. The van der Waals surface area contributed by atoms with Crippen LogP contribution in [0.2, 0.25) is 0 Å². The van der Waals surface area contributed by atoms with Gasteiger partial charge in [-0.05, 0) is 75.6 Å². The van der Waals surface area contributed by atoms with Crippen LogP contribution in [0.25, 0.3) is 0 Å². The van der Waals surface area contributed by atoms with Crippen molar-refractivity contribution in [3.63, 3.8) is 0 Å². The van der Waals surface area contributed by atoms with Crippen LogP contribution < -0.4 is 14.8 Å². The number of benzene rings is 1. The molecule has 0 aliphatic heterocycles. The summed E-state index contributed by atoms with van der Waals surface area (Å²) in [5.41, 5.74) is 0.332. The summed E-state index contributed by atoms with van der Waals surface area (Å²) in [5.74, 6) is 1.01. The van der Waals surface area contributed by atoms with Crippen molar-refractivity contribution in [3.8, 4) is 11.5 Å². The Hall–Kier alpha value is -1.75. The first-order valence-electron chi connectivity index (χ1n) is 8.85. The van der Waals surface area contributed by atoms with Crippen molar-refractivity contribution in [2.24, 2.45) is 0 Å². The lowest BCUT2D eigenvalue weighted by molar-refractivity contribution is -0.144. The normalized spacial score (nSPS) is 27.3. The van der Waals surface area contributed by atoms with Crippen molar-refractivity contribution >= 4 is 5.97 Å². The van der Waals surface area contributed by atoms with Gasteiger partial charge in [-0.2, -0.15) is 0 Å². The molecule has 0 aromatic heterocycles.